The molecule has 0 saturated heterocycles. The van der Waals surface area contributed by atoms with E-state index in [1.165, 1.54) is 10.4 Å². The van der Waals surface area contributed by atoms with Crippen molar-refractivity contribution in [2.75, 3.05) is 10.0 Å². The Hall–Kier alpha value is -2.57. The normalized spacial score (nSPS) is 22.0. The molecule has 0 fully saturated rings. The molecule has 0 spiro atoms. The van der Waals surface area contributed by atoms with Crippen LogP contribution < -0.4 is 10.0 Å². The molecule has 31 heavy (non-hydrogen) atoms. The molecule has 2 aliphatic rings. The fourth-order valence-electron chi connectivity index (χ4n) is 4.83. The largest absolute Gasteiger partial charge is 0.377 e. The fourth-order valence-corrected chi connectivity index (χ4v) is 7.05. The monoisotopic (exact) mass is 450 g/mol. The van der Waals surface area contributed by atoms with Crippen LogP contribution in [0.2, 0.25) is 0 Å². The first kappa shape index (κ1) is 20.3. The minimum Gasteiger partial charge on any atom is -0.377 e. The summed E-state index contributed by atoms with van der Waals surface area (Å²) in [6.07, 6.45) is 5.47. The number of hydrogen-bond donors (Lipinski definition) is 2. The predicted molar refractivity (Wildman–Crippen MR) is 129 cm³/mol. The molecule has 1 aromatic heterocycles. The maximum atomic E-state index is 13.2. The summed E-state index contributed by atoms with van der Waals surface area (Å²) in [6, 6.07) is 13.6. The smallest absolute Gasteiger partial charge is 0.261 e. The summed E-state index contributed by atoms with van der Waals surface area (Å²) in [7, 11) is -3.67. The minimum absolute atomic E-state index is 0.221. The molecule has 3 aromatic rings. The first-order valence-electron chi connectivity index (χ1n) is 10.5. The number of rotatable bonds is 4. The van der Waals surface area contributed by atoms with Crippen LogP contribution in [0, 0.1) is 26.7 Å². The SMILES string of the molecule is Cc1ccc(NS(=O)(=O)c2ccc3c(c2)C2C=CCC2C(c2sccc2C)N3)c(C)c1. The molecule has 1 aliphatic heterocycles. The molecule has 0 saturated carbocycles. The van der Waals surface area contributed by atoms with E-state index >= 15 is 0 Å². The van der Waals surface area contributed by atoms with Crippen LogP contribution in [0.4, 0.5) is 11.4 Å². The van der Waals surface area contributed by atoms with Gasteiger partial charge in [-0.1, -0.05) is 29.8 Å². The summed E-state index contributed by atoms with van der Waals surface area (Å²) < 4.78 is 29.1. The van der Waals surface area contributed by atoms with Crippen molar-refractivity contribution in [2.24, 2.45) is 5.92 Å². The minimum atomic E-state index is -3.67. The average Bonchev–Trinajstić information content (AvgIpc) is 3.38. The zero-order chi connectivity index (χ0) is 21.8. The van der Waals surface area contributed by atoms with Crippen LogP contribution in [0.1, 0.15) is 45.5 Å². The zero-order valence-corrected chi connectivity index (χ0v) is 19.5. The number of sulfonamides is 1. The Morgan fingerprint density at radius 3 is 2.61 bits per heavy atom. The van der Waals surface area contributed by atoms with Crippen molar-refractivity contribution < 1.29 is 8.42 Å². The maximum Gasteiger partial charge on any atom is 0.261 e. The van der Waals surface area contributed by atoms with Crippen molar-refractivity contribution in [1.29, 1.82) is 0 Å². The fraction of sp³-hybridized carbons (Fsp3) is 0.280. The third-order valence-electron chi connectivity index (χ3n) is 6.45. The molecule has 6 heteroatoms. The summed E-state index contributed by atoms with van der Waals surface area (Å²) in [4.78, 5) is 1.68. The molecular formula is C25H26N2O2S2. The van der Waals surface area contributed by atoms with Gasteiger partial charge in [-0.2, -0.15) is 0 Å². The summed E-state index contributed by atoms with van der Waals surface area (Å²) in [5.74, 6) is 0.620. The molecule has 3 unspecified atom stereocenters. The summed E-state index contributed by atoms with van der Waals surface area (Å²) in [5.41, 5.74) is 6.04. The van der Waals surface area contributed by atoms with Gasteiger partial charge in [-0.05, 0) is 85.5 Å². The van der Waals surface area contributed by atoms with Crippen LogP contribution in [0.3, 0.4) is 0 Å². The van der Waals surface area contributed by atoms with Gasteiger partial charge in [-0.15, -0.1) is 11.3 Å². The number of hydrogen-bond acceptors (Lipinski definition) is 4. The van der Waals surface area contributed by atoms with Crippen LogP contribution in [-0.2, 0) is 10.0 Å². The molecule has 2 aromatic carbocycles. The van der Waals surface area contributed by atoms with E-state index in [9.17, 15) is 8.42 Å². The molecule has 160 valence electrons. The van der Waals surface area contributed by atoms with Crippen molar-refractivity contribution in [2.45, 2.75) is 44.0 Å². The Balaban J connectivity index is 1.50. The van der Waals surface area contributed by atoms with Gasteiger partial charge in [0.15, 0.2) is 0 Å². The topological polar surface area (TPSA) is 58.2 Å². The van der Waals surface area contributed by atoms with Crippen LogP contribution in [0.5, 0.6) is 0 Å². The van der Waals surface area contributed by atoms with Crippen molar-refractivity contribution in [3.05, 3.63) is 87.1 Å². The van der Waals surface area contributed by atoms with Gasteiger partial charge in [-0.3, -0.25) is 4.72 Å². The lowest BCUT2D eigenvalue weighted by Crippen LogP contribution is -2.29. The molecule has 1 aliphatic carbocycles. The van der Waals surface area contributed by atoms with Crippen molar-refractivity contribution in [3.8, 4) is 0 Å². The van der Waals surface area contributed by atoms with Crippen LogP contribution in [0.25, 0.3) is 0 Å². The number of aryl methyl sites for hydroxylation is 3. The van der Waals surface area contributed by atoms with E-state index in [2.05, 4.69) is 40.6 Å². The van der Waals surface area contributed by atoms with Crippen molar-refractivity contribution in [3.63, 3.8) is 0 Å². The second-order valence-corrected chi connectivity index (χ2v) is 11.2. The van der Waals surface area contributed by atoms with E-state index in [-0.39, 0.29) is 12.0 Å². The lowest BCUT2D eigenvalue weighted by atomic mass is 9.78. The number of anilines is 2. The summed E-state index contributed by atoms with van der Waals surface area (Å²) >= 11 is 1.79. The number of fused-ring (bicyclic) bond motifs is 3. The Morgan fingerprint density at radius 2 is 1.87 bits per heavy atom. The predicted octanol–water partition coefficient (Wildman–Crippen LogP) is 6.30. The molecule has 2 N–H and O–H groups in total. The number of allylic oxidation sites excluding steroid dienone is 2. The lowest BCUT2D eigenvalue weighted by molar-refractivity contribution is 0.428. The third kappa shape index (κ3) is 3.58. The van der Waals surface area contributed by atoms with Gasteiger partial charge in [0.1, 0.15) is 0 Å². The van der Waals surface area contributed by atoms with E-state index in [0.29, 0.717) is 16.5 Å². The average molecular weight is 451 g/mol. The molecule has 5 rings (SSSR count). The highest BCUT2D eigenvalue weighted by molar-refractivity contribution is 7.92. The highest BCUT2D eigenvalue weighted by Crippen LogP contribution is 2.51. The van der Waals surface area contributed by atoms with Gasteiger partial charge in [0.2, 0.25) is 0 Å². The van der Waals surface area contributed by atoms with E-state index in [1.54, 1.807) is 17.4 Å². The highest BCUT2D eigenvalue weighted by atomic mass is 32.2. The Labute approximate surface area is 188 Å². The Bertz CT molecular complexity index is 1290. The van der Waals surface area contributed by atoms with E-state index < -0.39 is 10.0 Å². The van der Waals surface area contributed by atoms with Crippen molar-refractivity contribution >= 4 is 32.7 Å². The molecule has 3 atom stereocenters. The molecular weight excluding hydrogens is 424 g/mol. The van der Waals surface area contributed by atoms with Gasteiger partial charge < -0.3 is 5.32 Å². The summed E-state index contributed by atoms with van der Waals surface area (Å²) in [6.45, 7) is 6.08. The van der Waals surface area contributed by atoms with Crippen LogP contribution >= 0.6 is 11.3 Å². The second-order valence-electron chi connectivity index (χ2n) is 8.62. The van der Waals surface area contributed by atoms with Gasteiger partial charge >= 0.3 is 0 Å². The molecule has 4 nitrogen and oxygen atoms in total. The third-order valence-corrected chi connectivity index (χ3v) is 8.92. The van der Waals surface area contributed by atoms with Crippen LogP contribution in [-0.4, -0.2) is 8.42 Å². The zero-order valence-electron chi connectivity index (χ0n) is 17.8. The molecule has 0 bridgehead atoms. The van der Waals surface area contributed by atoms with Gasteiger partial charge in [0.05, 0.1) is 16.6 Å². The van der Waals surface area contributed by atoms with Crippen LogP contribution in [0.15, 0.2) is 64.9 Å². The van der Waals surface area contributed by atoms with Gasteiger partial charge in [0, 0.05) is 16.5 Å². The first-order chi connectivity index (χ1) is 14.8. The maximum absolute atomic E-state index is 13.2. The van der Waals surface area contributed by atoms with Gasteiger partial charge in [-0.25, -0.2) is 8.42 Å². The van der Waals surface area contributed by atoms with E-state index in [0.717, 1.165) is 28.8 Å². The van der Waals surface area contributed by atoms with E-state index in [4.69, 9.17) is 0 Å². The van der Waals surface area contributed by atoms with Gasteiger partial charge in [0.25, 0.3) is 10.0 Å². The number of thiophene rings is 1. The number of benzene rings is 2. The summed E-state index contributed by atoms with van der Waals surface area (Å²) in [5, 5.41) is 5.86. The highest BCUT2D eigenvalue weighted by Gasteiger charge is 2.39. The standard InChI is InChI=1S/C25H26N2O2S2/c1-15-7-9-22(17(3)13-15)27-31(28,29)18-8-10-23-21(14-18)19-5-4-6-20(19)24(26-23)25-16(2)11-12-30-25/h4-5,7-14,19-20,24,26-27H,6H2,1-3H3. The molecule has 0 radical (unpaired) electrons. The quantitative estimate of drug-likeness (QED) is 0.459. The molecule has 0 amide bonds. The first-order valence-corrected chi connectivity index (χ1v) is 12.9. The lowest BCUT2D eigenvalue weighted by Gasteiger charge is -2.37. The van der Waals surface area contributed by atoms with Crippen molar-refractivity contribution in [1.82, 2.24) is 0 Å². The molecule has 2 heterocycles. The number of nitrogens with one attached hydrogen (secondary N) is 2. The Kier molecular flexibility index (Phi) is 4.94. The Morgan fingerprint density at radius 1 is 1.03 bits per heavy atom. The second kappa shape index (κ2) is 7.53. The van der Waals surface area contributed by atoms with E-state index in [1.807, 2.05) is 44.2 Å².